The molecule has 1 aromatic rings. The number of ketones is 1. The number of unbranched alkanes of at least 4 members (excludes halogenated alkanes) is 2. The first kappa shape index (κ1) is 13.4. The highest BCUT2D eigenvalue weighted by Gasteiger charge is 2.09. The molecule has 0 bridgehead atoms. The molecular formula is C13H16BrFO. The average Bonchev–Trinajstić information content (AvgIpc) is 2.27. The van der Waals surface area contributed by atoms with Gasteiger partial charge < -0.3 is 0 Å². The lowest BCUT2D eigenvalue weighted by Gasteiger charge is -2.04. The molecule has 0 radical (unpaired) electrons. The highest BCUT2D eigenvalue weighted by molar-refractivity contribution is 9.09. The van der Waals surface area contributed by atoms with E-state index < -0.39 is 0 Å². The van der Waals surface area contributed by atoms with Gasteiger partial charge in [-0.15, -0.1) is 0 Å². The maximum atomic E-state index is 13.0. The van der Waals surface area contributed by atoms with Crippen molar-refractivity contribution in [3.63, 3.8) is 0 Å². The van der Waals surface area contributed by atoms with E-state index in [0.29, 0.717) is 12.0 Å². The van der Waals surface area contributed by atoms with Crippen molar-refractivity contribution in [1.82, 2.24) is 0 Å². The number of hydrogen-bond acceptors (Lipinski definition) is 1. The van der Waals surface area contributed by atoms with Gasteiger partial charge in [-0.3, -0.25) is 4.79 Å². The van der Waals surface area contributed by atoms with Crippen LogP contribution in [0.4, 0.5) is 4.39 Å². The summed E-state index contributed by atoms with van der Waals surface area (Å²) in [5, 5.41) is 0.972. The quantitative estimate of drug-likeness (QED) is 0.434. The van der Waals surface area contributed by atoms with Crippen LogP contribution in [0.5, 0.6) is 0 Å². The van der Waals surface area contributed by atoms with Crippen molar-refractivity contribution in [1.29, 1.82) is 0 Å². The molecule has 0 amide bonds. The summed E-state index contributed by atoms with van der Waals surface area (Å²) in [6.45, 7) is 1.84. The summed E-state index contributed by atoms with van der Waals surface area (Å²) in [6.07, 6.45) is 3.50. The molecule has 0 spiro atoms. The van der Waals surface area contributed by atoms with E-state index in [1.165, 1.54) is 12.1 Å². The van der Waals surface area contributed by atoms with Crippen molar-refractivity contribution < 1.29 is 9.18 Å². The van der Waals surface area contributed by atoms with E-state index in [0.717, 1.165) is 30.2 Å². The van der Waals surface area contributed by atoms with Crippen LogP contribution in [-0.4, -0.2) is 11.1 Å². The molecule has 0 aliphatic rings. The second kappa shape index (κ2) is 6.79. The van der Waals surface area contributed by atoms with Crippen LogP contribution in [0, 0.1) is 12.7 Å². The Bertz CT molecular complexity index is 363. The second-order valence-corrected chi connectivity index (χ2v) is 4.68. The summed E-state index contributed by atoms with van der Waals surface area (Å²) in [5.41, 5.74) is 1.38. The number of rotatable bonds is 6. The molecule has 0 fully saturated rings. The standard InChI is InChI=1S/C13H16BrFO/c1-10-6-7-11(15)9-12(10)13(16)5-3-2-4-8-14/h6-7,9H,2-5,8H2,1H3. The fraction of sp³-hybridized carbons (Fsp3) is 0.462. The van der Waals surface area contributed by atoms with E-state index >= 15 is 0 Å². The third kappa shape index (κ3) is 4.05. The van der Waals surface area contributed by atoms with Crippen molar-refractivity contribution in [2.45, 2.75) is 32.6 Å². The minimum Gasteiger partial charge on any atom is -0.294 e. The normalized spacial score (nSPS) is 10.4. The highest BCUT2D eigenvalue weighted by atomic mass is 79.9. The molecule has 0 aliphatic carbocycles. The molecule has 0 heterocycles. The molecule has 0 saturated carbocycles. The molecule has 0 N–H and O–H groups in total. The van der Waals surface area contributed by atoms with Gasteiger partial charge in [0, 0.05) is 17.3 Å². The minimum absolute atomic E-state index is 0.0478. The Morgan fingerprint density at radius 1 is 1.31 bits per heavy atom. The Morgan fingerprint density at radius 2 is 2.06 bits per heavy atom. The van der Waals surface area contributed by atoms with Gasteiger partial charge in [-0.05, 0) is 37.5 Å². The number of Topliss-reactive ketones (excluding diaryl/α,β-unsaturated/α-hetero) is 1. The lowest BCUT2D eigenvalue weighted by atomic mass is 10.0. The van der Waals surface area contributed by atoms with Crippen molar-refractivity contribution in [2.24, 2.45) is 0 Å². The van der Waals surface area contributed by atoms with Crippen LogP contribution in [0.3, 0.4) is 0 Å². The molecule has 88 valence electrons. The number of alkyl halides is 1. The van der Waals surface area contributed by atoms with Crippen LogP contribution < -0.4 is 0 Å². The molecular weight excluding hydrogens is 271 g/mol. The SMILES string of the molecule is Cc1ccc(F)cc1C(=O)CCCCCBr. The Hall–Kier alpha value is -0.700. The number of benzene rings is 1. The molecule has 0 aliphatic heterocycles. The topological polar surface area (TPSA) is 17.1 Å². The van der Waals surface area contributed by atoms with Gasteiger partial charge in [-0.2, -0.15) is 0 Å². The number of hydrogen-bond donors (Lipinski definition) is 0. The van der Waals surface area contributed by atoms with E-state index in [4.69, 9.17) is 0 Å². The van der Waals surface area contributed by atoms with Gasteiger partial charge in [0.05, 0.1) is 0 Å². The first-order valence-electron chi connectivity index (χ1n) is 5.50. The molecule has 0 unspecified atom stereocenters. The predicted octanol–water partition coefficient (Wildman–Crippen LogP) is 4.27. The van der Waals surface area contributed by atoms with Crippen molar-refractivity contribution in [3.8, 4) is 0 Å². The van der Waals surface area contributed by atoms with Gasteiger partial charge in [-0.25, -0.2) is 4.39 Å². The number of carbonyl (C=O) groups is 1. The minimum atomic E-state index is -0.339. The largest absolute Gasteiger partial charge is 0.294 e. The predicted molar refractivity (Wildman–Crippen MR) is 67.7 cm³/mol. The van der Waals surface area contributed by atoms with Crippen LogP contribution >= 0.6 is 15.9 Å². The van der Waals surface area contributed by atoms with Crippen LogP contribution in [-0.2, 0) is 0 Å². The Balaban J connectivity index is 2.55. The number of aryl methyl sites for hydroxylation is 1. The molecule has 1 nitrogen and oxygen atoms in total. The molecule has 0 atom stereocenters. The Kier molecular flexibility index (Phi) is 5.67. The van der Waals surface area contributed by atoms with Gasteiger partial charge in [0.2, 0.25) is 0 Å². The fourth-order valence-corrected chi connectivity index (χ4v) is 1.98. The van der Waals surface area contributed by atoms with Gasteiger partial charge in [0.1, 0.15) is 5.82 Å². The van der Waals surface area contributed by atoms with E-state index in [2.05, 4.69) is 15.9 Å². The molecule has 0 aromatic heterocycles. The van der Waals surface area contributed by atoms with Crippen molar-refractivity contribution in [2.75, 3.05) is 5.33 Å². The van der Waals surface area contributed by atoms with E-state index in [-0.39, 0.29) is 11.6 Å². The Labute approximate surface area is 104 Å². The maximum Gasteiger partial charge on any atom is 0.163 e. The van der Waals surface area contributed by atoms with Crippen LogP contribution in [0.2, 0.25) is 0 Å². The summed E-state index contributed by atoms with van der Waals surface area (Å²) in [7, 11) is 0. The molecule has 16 heavy (non-hydrogen) atoms. The number of halogens is 2. The summed E-state index contributed by atoms with van der Waals surface area (Å²) in [6, 6.07) is 4.38. The van der Waals surface area contributed by atoms with Gasteiger partial charge in [-0.1, -0.05) is 28.4 Å². The van der Waals surface area contributed by atoms with E-state index in [9.17, 15) is 9.18 Å². The Morgan fingerprint density at radius 3 is 2.75 bits per heavy atom. The van der Waals surface area contributed by atoms with E-state index in [1.54, 1.807) is 6.07 Å². The summed E-state index contributed by atoms with van der Waals surface area (Å²) >= 11 is 3.35. The summed E-state index contributed by atoms with van der Waals surface area (Å²) < 4.78 is 13.0. The third-order valence-corrected chi connectivity index (χ3v) is 3.10. The van der Waals surface area contributed by atoms with Crippen molar-refractivity contribution >= 4 is 21.7 Å². The average molecular weight is 287 g/mol. The first-order valence-corrected chi connectivity index (χ1v) is 6.62. The van der Waals surface area contributed by atoms with Gasteiger partial charge in [0.25, 0.3) is 0 Å². The smallest absolute Gasteiger partial charge is 0.163 e. The molecule has 1 rings (SSSR count). The first-order chi connectivity index (χ1) is 7.65. The molecule has 0 saturated heterocycles. The molecule has 3 heteroatoms. The fourth-order valence-electron chi connectivity index (χ4n) is 1.59. The number of carbonyl (C=O) groups excluding carboxylic acids is 1. The summed E-state index contributed by atoms with van der Waals surface area (Å²) in [5.74, 6) is -0.291. The third-order valence-electron chi connectivity index (χ3n) is 2.54. The van der Waals surface area contributed by atoms with E-state index in [1.807, 2.05) is 6.92 Å². The highest BCUT2D eigenvalue weighted by Crippen LogP contribution is 2.14. The van der Waals surface area contributed by atoms with Crippen LogP contribution in [0.1, 0.15) is 41.6 Å². The monoisotopic (exact) mass is 286 g/mol. The zero-order valence-corrected chi connectivity index (χ0v) is 11.0. The van der Waals surface area contributed by atoms with Gasteiger partial charge in [0.15, 0.2) is 5.78 Å². The molecule has 1 aromatic carbocycles. The second-order valence-electron chi connectivity index (χ2n) is 3.88. The zero-order valence-electron chi connectivity index (χ0n) is 9.43. The lowest BCUT2D eigenvalue weighted by molar-refractivity contribution is 0.0978. The summed E-state index contributed by atoms with van der Waals surface area (Å²) in [4.78, 5) is 11.8. The van der Waals surface area contributed by atoms with Crippen molar-refractivity contribution in [3.05, 3.63) is 35.1 Å². The lowest BCUT2D eigenvalue weighted by Crippen LogP contribution is -2.02. The maximum absolute atomic E-state index is 13.0. The van der Waals surface area contributed by atoms with Gasteiger partial charge >= 0.3 is 0 Å². The zero-order chi connectivity index (χ0) is 12.0. The van der Waals surface area contributed by atoms with Crippen LogP contribution in [0.15, 0.2) is 18.2 Å². The van der Waals surface area contributed by atoms with Crippen LogP contribution in [0.25, 0.3) is 0 Å².